The normalized spacial score (nSPS) is 17.8. The number of rotatable bonds is 14. The van der Waals surface area contributed by atoms with Gasteiger partial charge in [-0.25, -0.2) is 0 Å². The second kappa shape index (κ2) is 14.3. The van der Waals surface area contributed by atoms with Crippen LogP contribution in [-0.2, 0) is 9.59 Å². The Bertz CT molecular complexity index is 1250. The van der Waals surface area contributed by atoms with Gasteiger partial charge in [-0.3, -0.25) is 9.59 Å². The van der Waals surface area contributed by atoms with E-state index in [2.05, 4.69) is 25.7 Å². The number of unbranched alkanes of at least 4 members (excludes halogenated alkanes) is 1. The van der Waals surface area contributed by atoms with Crippen LogP contribution in [0.3, 0.4) is 0 Å². The van der Waals surface area contributed by atoms with E-state index in [9.17, 15) is 14.7 Å². The van der Waals surface area contributed by atoms with Crippen LogP contribution in [0.15, 0.2) is 42.0 Å². The van der Waals surface area contributed by atoms with Crippen LogP contribution < -0.4 is 18.9 Å². The van der Waals surface area contributed by atoms with Crippen molar-refractivity contribution in [3.63, 3.8) is 0 Å². The number of aliphatic hydroxyl groups excluding tert-OH is 1. The molecule has 0 unspecified atom stereocenters. The van der Waals surface area contributed by atoms with Crippen molar-refractivity contribution in [1.82, 2.24) is 9.80 Å². The molecule has 2 aliphatic rings. The first-order valence-electron chi connectivity index (χ1n) is 14.7. The third-order valence-corrected chi connectivity index (χ3v) is 7.46. The Hall–Kier alpha value is -3.72. The van der Waals surface area contributed by atoms with E-state index in [1.807, 2.05) is 25.1 Å². The maximum absolute atomic E-state index is 13.5. The lowest BCUT2D eigenvalue weighted by atomic mass is 9.94. The number of amides is 1. The number of likely N-dealkylation sites (tertiary alicyclic amines) is 1. The fourth-order valence-electron chi connectivity index (χ4n) is 5.22. The Balaban J connectivity index is 1.76. The number of carbonyl (C=O) groups excluding carboxylic acids is 2. The largest absolute Gasteiger partial charge is 0.507 e. The highest BCUT2D eigenvalue weighted by molar-refractivity contribution is 6.46. The SMILES string of the molecule is CCCCOc1ccc([C@H]2/C(=C(\O)c3ccc4c(c3)OCCO4)C(=O)C(=O)N2CCCN(CC)CC)cc1OCC. The van der Waals surface area contributed by atoms with Crippen molar-refractivity contribution < 1.29 is 33.6 Å². The van der Waals surface area contributed by atoms with Gasteiger partial charge in [0.2, 0.25) is 0 Å². The fraction of sp³-hybridized carbons (Fsp3) is 0.500. The molecule has 0 aliphatic carbocycles. The van der Waals surface area contributed by atoms with Crippen molar-refractivity contribution in [1.29, 1.82) is 0 Å². The highest BCUT2D eigenvalue weighted by Gasteiger charge is 2.46. The smallest absolute Gasteiger partial charge is 0.295 e. The Morgan fingerprint density at radius 3 is 2.41 bits per heavy atom. The Morgan fingerprint density at radius 2 is 1.71 bits per heavy atom. The summed E-state index contributed by atoms with van der Waals surface area (Å²) in [5, 5.41) is 11.5. The summed E-state index contributed by atoms with van der Waals surface area (Å²) in [4.78, 5) is 30.8. The number of fused-ring (bicyclic) bond motifs is 1. The summed E-state index contributed by atoms with van der Waals surface area (Å²) in [6.07, 6.45) is 2.60. The molecule has 2 aromatic carbocycles. The monoisotopic (exact) mass is 566 g/mol. The number of aliphatic hydroxyl groups is 1. The first-order chi connectivity index (χ1) is 19.9. The van der Waals surface area contributed by atoms with Crippen molar-refractivity contribution >= 4 is 17.4 Å². The molecule has 0 saturated carbocycles. The highest BCUT2D eigenvalue weighted by atomic mass is 16.6. The van der Waals surface area contributed by atoms with E-state index < -0.39 is 17.7 Å². The van der Waals surface area contributed by atoms with Gasteiger partial charge in [-0.05, 0) is 75.3 Å². The minimum Gasteiger partial charge on any atom is -0.507 e. The molecule has 4 rings (SSSR count). The second-order valence-corrected chi connectivity index (χ2v) is 10.1. The van der Waals surface area contributed by atoms with Gasteiger partial charge >= 0.3 is 0 Å². The van der Waals surface area contributed by atoms with E-state index in [4.69, 9.17) is 18.9 Å². The lowest BCUT2D eigenvalue weighted by molar-refractivity contribution is -0.140. The van der Waals surface area contributed by atoms with Crippen LogP contribution in [0.2, 0.25) is 0 Å². The number of hydrogen-bond acceptors (Lipinski definition) is 8. The topological polar surface area (TPSA) is 97.8 Å². The molecule has 1 fully saturated rings. The van der Waals surface area contributed by atoms with Gasteiger partial charge in [0.1, 0.15) is 19.0 Å². The number of carbonyl (C=O) groups is 2. The van der Waals surface area contributed by atoms with Crippen LogP contribution in [-0.4, -0.2) is 79.2 Å². The highest BCUT2D eigenvalue weighted by Crippen LogP contribution is 2.43. The number of ether oxygens (including phenoxy) is 4. The average Bonchev–Trinajstić information content (AvgIpc) is 3.24. The fourth-order valence-corrected chi connectivity index (χ4v) is 5.22. The van der Waals surface area contributed by atoms with Crippen molar-refractivity contribution in [2.75, 3.05) is 52.6 Å². The lowest BCUT2D eigenvalue weighted by Crippen LogP contribution is -2.33. The third kappa shape index (κ3) is 6.78. The molecule has 2 aliphatic heterocycles. The summed E-state index contributed by atoms with van der Waals surface area (Å²) in [6, 6.07) is 9.70. The number of ketones is 1. The van der Waals surface area contributed by atoms with Gasteiger partial charge in [-0.15, -0.1) is 0 Å². The number of nitrogens with zero attached hydrogens (tertiary/aromatic N) is 2. The van der Waals surface area contributed by atoms with Gasteiger partial charge < -0.3 is 33.9 Å². The molecule has 1 amide bonds. The van der Waals surface area contributed by atoms with Gasteiger partial charge in [0.05, 0.1) is 24.8 Å². The van der Waals surface area contributed by atoms with Gasteiger partial charge in [-0.2, -0.15) is 0 Å². The van der Waals surface area contributed by atoms with E-state index in [0.29, 0.717) is 73.5 Å². The number of hydrogen-bond donors (Lipinski definition) is 1. The molecule has 0 aromatic heterocycles. The van der Waals surface area contributed by atoms with Crippen molar-refractivity contribution in [3.8, 4) is 23.0 Å². The molecule has 1 atom stereocenters. The van der Waals surface area contributed by atoms with E-state index in [-0.39, 0.29) is 11.3 Å². The molecule has 41 heavy (non-hydrogen) atoms. The molecule has 0 spiro atoms. The first-order valence-corrected chi connectivity index (χ1v) is 14.7. The van der Waals surface area contributed by atoms with Gasteiger partial charge in [0.15, 0.2) is 23.0 Å². The van der Waals surface area contributed by atoms with Crippen LogP contribution in [0.4, 0.5) is 0 Å². The molecule has 0 radical (unpaired) electrons. The summed E-state index contributed by atoms with van der Waals surface area (Å²) in [6.45, 7) is 13.0. The minimum atomic E-state index is -0.788. The molecule has 2 aromatic rings. The Morgan fingerprint density at radius 1 is 0.951 bits per heavy atom. The van der Waals surface area contributed by atoms with E-state index >= 15 is 0 Å². The summed E-state index contributed by atoms with van der Waals surface area (Å²) < 4.78 is 23.2. The summed E-state index contributed by atoms with van der Waals surface area (Å²) >= 11 is 0. The van der Waals surface area contributed by atoms with E-state index in [1.165, 1.54) is 0 Å². The maximum Gasteiger partial charge on any atom is 0.295 e. The first kappa shape index (κ1) is 30.2. The standard InChI is InChI=1S/C32H42N2O7/c1-5-9-17-39-24-13-11-22(20-26(24)38-8-4)29-28(30(35)23-12-14-25-27(21-23)41-19-18-40-25)31(36)32(37)34(29)16-10-15-33(6-2)7-3/h11-14,20-21,29,35H,5-10,15-19H2,1-4H3/b30-28+/t29-/m0/s1. The predicted octanol–water partition coefficient (Wildman–Crippen LogP) is 5.19. The van der Waals surface area contributed by atoms with E-state index in [0.717, 1.165) is 32.5 Å². The molecular formula is C32H42N2O7. The molecule has 0 bridgehead atoms. The lowest BCUT2D eigenvalue weighted by Gasteiger charge is -2.27. The van der Waals surface area contributed by atoms with Crippen LogP contribution in [0.5, 0.6) is 23.0 Å². The Kier molecular flexibility index (Phi) is 10.5. The average molecular weight is 567 g/mol. The van der Waals surface area contributed by atoms with E-state index in [1.54, 1.807) is 23.1 Å². The zero-order valence-electron chi connectivity index (χ0n) is 24.6. The molecule has 222 valence electrons. The third-order valence-electron chi connectivity index (χ3n) is 7.46. The molecule has 2 heterocycles. The van der Waals surface area contributed by atoms with Crippen LogP contribution >= 0.6 is 0 Å². The van der Waals surface area contributed by atoms with Crippen LogP contribution in [0.25, 0.3) is 5.76 Å². The minimum absolute atomic E-state index is 0.0385. The molecule has 9 nitrogen and oxygen atoms in total. The van der Waals surface area contributed by atoms with Crippen LogP contribution in [0.1, 0.15) is 64.1 Å². The molecule has 9 heteroatoms. The predicted molar refractivity (Wildman–Crippen MR) is 157 cm³/mol. The number of Topliss-reactive ketones (excluding diaryl/α,β-unsaturated/α-hetero) is 1. The quantitative estimate of drug-likeness (QED) is 0.144. The zero-order chi connectivity index (χ0) is 29.4. The van der Waals surface area contributed by atoms with Gasteiger partial charge in [0.25, 0.3) is 11.7 Å². The molecule has 1 saturated heterocycles. The van der Waals surface area contributed by atoms with Crippen molar-refractivity contribution in [2.24, 2.45) is 0 Å². The Labute approximate surface area is 242 Å². The maximum atomic E-state index is 13.5. The zero-order valence-corrected chi connectivity index (χ0v) is 24.6. The molecule has 1 N–H and O–H groups in total. The summed E-state index contributed by atoms with van der Waals surface area (Å²) in [7, 11) is 0. The second-order valence-electron chi connectivity index (χ2n) is 10.1. The van der Waals surface area contributed by atoms with Crippen molar-refractivity contribution in [3.05, 3.63) is 53.1 Å². The van der Waals surface area contributed by atoms with Gasteiger partial charge in [-0.1, -0.05) is 33.3 Å². The summed E-state index contributed by atoms with van der Waals surface area (Å²) in [5.41, 5.74) is 1.08. The van der Waals surface area contributed by atoms with Crippen LogP contribution in [0, 0.1) is 0 Å². The van der Waals surface area contributed by atoms with Gasteiger partial charge in [0, 0.05) is 12.1 Å². The van der Waals surface area contributed by atoms with Crippen molar-refractivity contribution in [2.45, 2.75) is 53.0 Å². The molecular weight excluding hydrogens is 524 g/mol. The number of benzene rings is 2. The summed E-state index contributed by atoms with van der Waals surface area (Å²) in [5.74, 6) is 0.599.